The normalized spacial score (nSPS) is 11.8. The molecule has 1 aromatic heterocycles. The number of carbonyl (C=O) groups excluding carboxylic acids is 1. The fourth-order valence-corrected chi connectivity index (χ4v) is 0.946. The average Bonchev–Trinajstić information content (AvgIpc) is 2.35. The Labute approximate surface area is 121 Å². The van der Waals surface area contributed by atoms with Crippen molar-refractivity contribution in [2.24, 2.45) is 5.73 Å². The Morgan fingerprint density at radius 1 is 1.85 bits per heavy atom. The number of hydrogen-bond donors (Lipinski definition) is 2. The van der Waals surface area contributed by atoms with Crippen molar-refractivity contribution >= 4 is 67.5 Å². The molecule has 0 aliphatic heterocycles. The number of carboxylic acids is 1. The van der Waals surface area contributed by atoms with Gasteiger partial charge >= 0.3 is 48.9 Å². The molecular weight excluding hydrogens is 315 g/mol. The third-order valence-electron chi connectivity index (χ3n) is 1.35. The maximum atomic E-state index is 10.2. The van der Waals surface area contributed by atoms with Gasteiger partial charge in [0, 0.05) is 24.4 Å². The maximum Gasteiger partial charge on any atom is 2.00 e. The van der Waals surface area contributed by atoms with E-state index in [1.807, 2.05) is 0 Å². The maximum absolute atomic E-state index is 10.2. The molecule has 66 valence electrons. The molecule has 1 rings (SSSR count). The minimum Gasteiger partial charge on any atom is -0.742 e. The second kappa shape index (κ2) is 6.02. The molecule has 1 atom stereocenters. The summed E-state index contributed by atoms with van der Waals surface area (Å²) in [7, 11) is 0. The number of H-pyrrole nitrogens is 1. The number of nitrogens with zero attached hydrogens (tertiary/aromatic N) is 1. The first kappa shape index (κ1) is 13.4. The Bertz CT molecular complexity index is 291. The Kier molecular flexibility index (Phi) is 6.22. The predicted molar refractivity (Wildman–Crippen MR) is 46.7 cm³/mol. The van der Waals surface area contributed by atoms with Crippen LogP contribution in [0.3, 0.4) is 0 Å². The van der Waals surface area contributed by atoms with E-state index in [2.05, 4.69) is 22.6 Å². The number of aliphatic carboxylic acids is 1. The summed E-state index contributed by atoms with van der Waals surface area (Å²) in [5.74, 6) is -1.28. The molecule has 0 spiro atoms. The van der Waals surface area contributed by atoms with E-state index in [1.54, 1.807) is 0 Å². The standard InChI is InChI=1S/C6H9N3O2S.Ba/c7-4(5(10)11)1-3-2-8-6(12)9-3;/h2,4H,1,7H2,(H,10,11)(H2,8,9,12);/q;+2/p-2. The molecule has 5 nitrogen and oxygen atoms in total. The van der Waals surface area contributed by atoms with Crippen molar-refractivity contribution in [2.75, 3.05) is 0 Å². The van der Waals surface area contributed by atoms with Gasteiger partial charge in [0.15, 0.2) is 0 Å². The minimum absolute atomic E-state index is 0. The van der Waals surface area contributed by atoms with Gasteiger partial charge in [-0.15, -0.1) is 0 Å². The molecule has 13 heavy (non-hydrogen) atoms. The molecule has 0 radical (unpaired) electrons. The van der Waals surface area contributed by atoms with E-state index in [0.29, 0.717) is 10.9 Å². The summed E-state index contributed by atoms with van der Waals surface area (Å²) >= 11 is 4.68. The number of aromatic nitrogens is 2. The fraction of sp³-hybridized carbons (Fsp3) is 0.333. The zero-order chi connectivity index (χ0) is 9.14. The van der Waals surface area contributed by atoms with Gasteiger partial charge in [0.1, 0.15) is 0 Å². The molecule has 1 aromatic rings. The quantitative estimate of drug-likeness (QED) is 0.476. The molecule has 7 heteroatoms. The summed E-state index contributed by atoms with van der Waals surface area (Å²) in [5, 5.41) is 10.5. The Morgan fingerprint density at radius 2 is 2.46 bits per heavy atom. The second-order valence-corrected chi connectivity index (χ2v) is 2.73. The Hall–Kier alpha value is 0.431. The van der Waals surface area contributed by atoms with E-state index >= 15 is 0 Å². The van der Waals surface area contributed by atoms with E-state index in [9.17, 15) is 9.90 Å². The van der Waals surface area contributed by atoms with Crippen LogP contribution in [0.25, 0.3) is 0 Å². The van der Waals surface area contributed by atoms with Crippen LogP contribution in [0.5, 0.6) is 0 Å². The van der Waals surface area contributed by atoms with Gasteiger partial charge in [-0.3, -0.25) is 4.98 Å². The van der Waals surface area contributed by atoms with Gasteiger partial charge in [-0.05, 0) is 5.16 Å². The van der Waals surface area contributed by atoms with Gasteiger partial charge in [-0.1, -0.05) is 0 Å². The summed E-state index contributed by atoms with van der Waals surface area (Å²) in [6, 6.07) is -1.01. The van der Waals surface area contributed by atoms with Crippen molar-refractivity contribution in [3.05, 3.63) is 11.9 Å². The number of imidazole rings is 1. The Morgan fingerprint density at radius 3 is 2.85 bits per heavy atom. The number of carbonyl (C=O) groups is 1. The van der Waals surface area contributed by atoms with E-state index in [-0.39, 0.29) is 55.3 Å². The first-order chi connectivity index (χ1) is 5.59. The molecule has 0 aliphatic carbocycles. The van der Waals surface area contributed by atoms with Crippen molar-refractivity contribution in [3.63, 3.8) is 0 Å². The number of nitrogens with two attached hydrogens (primary N) is 1. The SMILES string of the molecule is NC(Cc1cnc([S-])[nH]1)C(=O)[O-].[Ba+2]. The van der Waals surface area contributed by atoms with Crippen LogP contribution in [0, 0.1) is 0 Å². The van der Waals surface area contributed by atoms with Crippen molar-refractivity contribution in [2.45, 2.75) is 17.6 Å². The second-order valence-electron chi connectivity index (χ2n) is 2.34. The third-order valence-corrected chi connectivity index (χ3v) is 1.56. The molecule has 0 saturated carbocycles. The van der Waals surface area contributed by atoms with Gasteiger partial charge in [-0.2, -0.15) is 0 Å². The molecule has 1 unspecified atom stereocenters. The summed E-state index contributed by atoms with van der Waals surface area (Å²) in [4.78, 5) is 16.6. The van der Waals surface area contributed by atoms with E-state index < -0.39 is 12.0 Å². The summed E-state index contributed by atoms with van der Waals surface area (Å²) in [6.45, 7) is 0. The van der Waals surface area contributed by atoms with Crippen LogP contribution in [0.2, 0.25) is 0 Å². The minimum atomic E-state index is -1.28. The van der Waals surface area contributed by atoms with E-state index in [4.69, 9.17) is 5.73 Å². The van der Waals surface area contributed by atoms with Gasteiger partial charge in [0.05, 0.1) is 5.97 Å². The number of hydrogen-bond acceptors (Lipinski definition) is 5. The molecule has 0 aliphatic rings. The molecule has 0 amide bonds. The predicted octanol–water partition coefficient (Wildman–Crippen LogP) is -2.45. The monoisotopic (exact) mass is 323 g/mol. The zero-order valence-corrected chi connectivity index (χ0v) is 12.1. The molecule has 0 saturated heterocycles. The summed E-state index contributed by atoms with van der Waals surface area (Å²) in [6.07, 6.45) is 1.62. The molecule has 0 fully saturated rings. The largest absolute Gasteiger partial charge is 2.00 e. The summed E-state index contributed by atoms with van der Waals surface area (Å²) in [5.41, 5.74) is 5.82. The molecular formula is C6H7BaN3O2S. The van der Waals surface area contributed by atoms with Gasteiger partial charge in [0.25, 0.3) is 0 Å². The number of rotatable bonds is 3. The van der Waals surface area contributed by atoms with Crippen LogP contribution in [0.1, 0.15) is 5.69 Å². The van der Waals surface area contributed by atoms with Crippen LogP contribution in [0.4, 0.5) is 0 Å². The van der Waals surface area contributed by atoms with Gasteiger partial charge < -0.3 is 33.2 Å². The van der Waals surface area contributed by atoms with Crippen LogP contribution in [0.15, 0.2) is 11.4 Å². The van der Waals surface area contributed by atoms with Crippen LogP contribution >= 0.6 is 0 Å². The van der Waals surface area contributed by atoms with Gasteiger partial charge in [-0.25, -0.2) is 0 Å². The third kappa shape index (κ3) is 4.45. The van der Waals surface area contributed by atoms with Crippen LogP contribution in [-0.4, -0.2) is 70.9 Å². The molecule has 1 heterocycles. The Balaban J connectivity index is 0.00000144. The van der Waals surface area contributed by atoms with E-state index in [1.165, 1.54) is 6.20 Å². The van der Waals surface area contributed by atoms with E-state index in [0.717, 1.165) is 0 Å². The first-order valence-electron chi connectivity index (χ1n) is 3.27. The average molecular weight is 323 g/mol. The zero-order valence-electron chi connectivity index (χ0n) is 6.82. The van der Waals surface area contributed by atoms with Crippen LogP contribution in [-0.2, 0) is 23.8 Å². The van der Waals surface area contributed by atoms with Crippen molar-refractivity contribution < 1.29 is 9.90 Å². The topological polar surface area (TPSA) is 94.8 Å². The number of carboxylic acid groups (broad SMARTS) is 1. The molecule has 3 N–H and O–H groups in total. The first-order valence-corrected chi connectivity index (χ1v) is 3.67. The van der Waals surface area contributed by atoms with Crippen molar-refractivity contribution in [1.82, 2.24) is 9.97 Å². The van der Waals surface area contributed by atoms with Crippen molar-refractivity contribution in [1.29, 1.82) is 0 Å². The smallest absolute Gasteiger partial charge is 0.742 e. The number of nitrogens with one attached hydrogen (secondary N) is 1. The fourth-order valence-electron chi connectivity index (χ4n) is 0.762. The van der Waals surface area contributed by atoms with Gasteiger partial charge in [0.2, 0.25) is 0 Å². The molecule has 0 bridgehead atoms. The summed E-state index contributed by atoms with van der Waals surface area (Å²) < 4.78 is 0. The van der Waals surface area contributed by atoms with Crippen LogP contribution < -0.4 is 10.8 Å². The number of aromatic amines is 1. The molecule has 0 aromatic carbocycles. The van der Waals surface area contributed by atoms with Crippen molar-refractivity contribution in [3.8, 4) is 0 Å².